The molecule has 1 aromatic rings. The van der Waals surface area contributed by atoms with E-state index >= 15 is 0 Å². The molecule has 4 nitrogen and oxygen atoms in total. The number of fused-ring (bicyclic) bond motifs is 1. The minimum Gasteiger partial charge on any atom is -0.481 e. The van der Waals surface area contributed by atoms with Gasteiger partial charge in [-0.2, -0.15) is 0 Å². The Morgan fingerprint density at radius 3 is 2.62 bits per heavy atom. The van der Waals surface area contributed by atoms with Crippen molar-refractivity contribution in [2.24, 2.45) is 5.92 Å². The van der Waals surface area contributed by atoms with Gasteiger partial charge in [-0.1, -0.05) is 0 Å². The summed E-state index contributed by atoms with van der Waals surface area (Å²) in [6, 6.07) is 1.79. The van der Waals surface area contributed by atoms with Crippen LogP contribution in [0.2, 0.25) is 0 Å². The highest BCUT2D eigenvalue weighted by Gasteiger charge is 2.34. The highest BCUT2D eigenvalue weighted by molar-refractivity contribution is 6.06. The van der Waals surface area contributed by atoms with Gasteiger partial charge in [0.05, 0.1) is 5.69 Å². The summed E-state index contributed by atoms with van der Waals surface area (Å²) in [5.74, 6) is -5.05. The molecule has 1 unspecified atom stereocenters. The molecule has 1 aromatic carbocycles. The minimum absolute atomic E-state index is 0.105. The number of carboxylic acid groups (broad SMARTS) is 1. The number of carbonyl (C=O) groups is 2. The van der Waals surface area contributed by atoms with E-state index in [1.807, 2.05) is 0 Å². The van der Waals surface area contributed by atoms with E-state index in [9.17, 15) is 18.4 Å². The molecule has 0 spiro atoms. The Bertz CT molecular complexity index is 487. The Balaban J connectivity index is 2.50. The second-order valence-corrected chi connectivity index (χ2v) is 3.47. The van der Waals surface area contributed by atoms with E-state index < -0.39 is 29.4 Å². The molecule has 84 valence electrons. The van der Waals surface area contributed by atoms with Gasteiger partial charge in [-0.15, -0.1) is 0 Å². The van der Waals surface area contributed by atoms with Crippen molar-refractivity contribution in [1.29, 1.82) is 0 Å². The number of amides is 1. The van der Waals surface area contributed by atoms with Crippen LogP contribution in [0.25, 0.3) is 0 Å². The van der Waals surface area contributed by atoms with Gasteiger partial charge in [0.1, 0.15) is 17.6 Å². The van der Waals surface area contributed by atoms with Gasteiger partial charge in [-0.25, -0.2) is 8.78 Å². The maximum atomic E-state index is 13.3. The summed E-state index contributed by atoms with van der Waals surface area (Å²) in [5, 5.41) is 10.8. The summed E-state index contributed by atoms with van der Waals surface area (Å²) in [4.78, 5) is 22.0. The topological polar surface area (TPSA) is 66.4 Å². The molecule has 1 atom stereocenters. The molecular weight excluding hydrogens is 220 g/mol. The SMILES string of the molecule is O=C(O)C1Cc2c(F)ccc(F)c2NC1=O. The number of halogens is 2. The summed E-state index contributed by atoms with van der Waals surface area (Å²) >= 11 is 0. The van der Waals surface area contributed by atoms with E-state index in [1.54, 1.807) is 0 Å². The molecule has 0 aliphatic carbocycles. The van der Waals surface area contributed by atoms with E-state index in [1.165, 1.54) is 0 Å². The normalized spacial score (nSPS) is 18.9. The van der Waals surface area contributed by atoms with Gasteiger partial charge in [0.25, 0.3) is 0 Å². The van der Waals surface area contributed by atoms with Crippen molar-refractivity contribution in [2.75, 3.05) is 5.32 Å². The standard InChI is InChI=1S/C10H7F2NO3/c11-6-1-2-7(12)8-4(6)3-5(10(15)16)9(14)13-8/h1-2,5H,3H2,(H,13,14)(H,15,16). The fourth-order valence-electron chi connectivity index (χ4n) is 1.64. The van der Waals surface area contributed by atoms with Crippen molar-refractivity contribution >= 4 is 17.6 Å². The van der Waals surface area contributed by atoms with Crippen LogP contribution < -0.4 is 5.32 Å². The molecule has 1 aliphatic heterocycles. The highest BCUT2D eigenvalue weighted by Crippen LogP contribution is 2.30. The lowest BCUT2D eigenvalue weighted by atomic mass is 9.93. The summed E-state index contributed by atoms with van der Waals surface area (Å²) in [7, 11) is 0. The van der Waals surface area contributed by atoms with E-state index in [4.69, 9.17) is 5.11 Å². The zero-order valence-electron chi connectivity index (χ0n) is 7.96. The molecular formula is C10H7F2NO3. The Hall–Kier alpha value is -1.98. The molecule has 2 rings (SSSR count). The second-order valence-electron chi connectivity index (χ2n) is 3.47. The maximum Gasteiger partial charge on any atom is 0.316 e. The first-order valence-electron chi connectivity index (χ1n) is 4.51. The molecule has 0 radical (unpaired) electrons. The van der Waals surface area contributed by atoms with Crippen LogP contribution in [0.5, 0.6) is 0 Å². The molecule has 0 saturated heterocycles. The molecule has 2 N–H and O–H groups in total. The number of benzene rings is 1. The first-order valence-corrected chi connectivity index (χ1v) is 4.51. The van der Waals surface area contributed by atoms with Gasteiger partial charge in [0, 0.05) is 5.56 Å². The average molecular weight is 227 g/mol. The number of aliphatic carboxylic acids is 1. The molecule has 1 aliphatic rings. The summed E-state index contributed by atoms with van der Waals surface area (Å²) in [5.41, 5.74) is -0.366. The predicted octanol–water partition coefficient (Wildman–Crippen LogP) is 1.16. The number of carbonyl (C=O) groups excluding carboxylic acids is 1. The van der Waals surface area contributed by atoms with E-state index in [0.717, 1.165) is 12.1 Å². The van der Waals surface area contributed by atoms with Crippen molar-refractivity contribution in [3.8, 4) is 0 Å². The average Bonchev–Trinajstić information content (AvgIpc) is 2.23. The fourth-order valence-corrected chi connectivity index (χ4v) is 1.64. The monoisotopic (exact) mass is 227 g/mol. The van der Waals surface area contributed by atoms with Crippen LogP contribution in [0.4, 0.5) is 14.5 Å². The molecule has 0 saturated carbocycles. The van der Waals surface area contributed by atoms with Crippen LogP contribution in [0, 0.1) is 17.6 Å². The van der Waals surface area contributed by atoms with Gasteiger partial charge in [0.15, 0.2) is 0 Å². The molecule has 1 amide bonds. The number of hydrogen-bond donors (Lipinski definition) is 2. The van der Waals surface area contributed by atoms with Crippen LogP contribution in [-0.4, -0.2) is 17.0 Å². The van der Waals surface area contributed by atoms with E-state index in [2.05, 4.69) is 5.32 Å². The molecule has 0 fully saturated rings. The van der Waals surface area contributed by atoms with Crippen LogP contribution in [0.15, 0.2) is 12.1 Å². The quantitative estimate of drug-likeness (QED) is 0.707. The Morgan fingerprint density at radius 2 is 2.00 bits per heavy atom. The van der Waals surface area contributed by atoms with E-state index in [-0.39, 0.29) is 17.7 Å². The number of anilines is 1. The van der Waals surface area contributed by atoms with Crippen LogP contribution in [-0.2, 0) is 16.0 Å². The molecule has 0 aromatic heterocycles. The summed E-state index contributed by atoms with van der Waals surface area (Å²) in [6.45, 7) is 0. The lowest BCUT2D eigenvalue weighted by Gasteiger charge is -2.22. The first-order chi connectivity index (χ1) is 7.50. The lowest BCUT2D eigenvalue weighted by molar-refractivity contribution is -0.145. The number of nitrogens with one attached hydrogen (secondary N) is 1. The predicted molar refractivity (Wildman–Crippen MR) is 49.8 cm³/mol. The number of hydrogen-bond acceptors (Lipinski definition) is 2. The third-order valence-electron chi connectivity index (χ3n) is 2.48. The minimum atomic E-state index is -1.37. The fraction of sp³-hybridized carbons (Fsp3) is 0.200. The molecule has 16 heavy (non-hydrogen) atoms. The van der Waals surface area contributed by atoms with Crippen molar-refractivity contribution < 1.29 is 23.5 Å². The highest BCUT2D eigenvalue weighted by atomic mass is 19.1. The Morgan fingerprint density at radius 1 is 1.38 bits per heavy atom. The summed E-state index contributed by atoms with van der Waals surface area (Å²) < 4.78 is 26.5. The van der Waals surface area contributed by atoms with Crippen molar-refractivity contribution in [3.05, 3.63) is 29.3 Å². The third kappa shape index (κ3) is 1.52. The lowest BCUT2D eigenvalue weighted by Crippen LogP contribution is -2.36. The van der Waals surface area contributed by atoms with Crippen molar-refractivity contribution in [1.82, 2.24) is 0 Å². The van der Waals surface area contributed by atoms with Gasteiger partial charge in [-0.05, 0) is 18.6 Å². The van der Waals surface area contributed by atoms with Crippen LogP contribution in [0.1, 0.15) is 5.56 Å². The molecule has 1 heterocycles. The zero-order chi connectivity index (χ0) is 11.9. The zero-order valence-corrected chi connectivity index (χ0v) is 7.96. The summed E-state index contributed by atoms with van der Waals surface area (Å²) in [6.07, 6.45) is -0.333. The second kappa shape index (κ2) is 3.55. The number of carboxylic acids is 1. The Labute approximate surface area is 88.9 Å². The van der Waals surface area contributed by atoms with Gasteiger partial charge in [-0.3, -0.25) is 9.59 Å². The van der Waals surface area contributed by atoms with Crippen LogP contribution in [0.3, 0.4) is 0 Å². The molecule has 0 bridgehead atoms. The largest absolute Gasteiger partial charge is 0.481 e. The van der Waals surface area contributed by atoms with Crippen LogP contribution >= 0.6 is 0 Å². The Kier molecular flexibility index (Phi) is 2.34. The number of rotatable bonds is 1. The van der Waals surface area contributed by atoms with Gasteiger partial charge >= 0.3 is 5.97 Å². The van der Waals surface area contributed by atoms with E-state index in [0.29, 0.717) is 0 Å². The van der Waals surface area contributed by atoms with Crippen molar-refractivity contribution in [3.63, 3.8) is 0 Å². The first kappa shape index (κ1) is 10.5. The maximum absolute atomic E-state index is 13.3. The molecule has 6 heteroatoms. The smallest absolute Gasteiger partial charge is 0.316 e. The van der Waals surface area contributed by atoms with Crippen molar-refractivity contribution in [2.45, 2.75) is 6.42 Å². The van der Waals surface area contributed by atoms with Gasteiger partial charge in [0.2, 0.25) is 5.91 Å². The third-order valence-corrected chi connectivity index (χ3v) is 2.48. The van der Waals surface area contributed by atoms with Gasteiger partial charge < -0.3 is 10.4 Å².